The molecule has 0 saturated carbocycles. The predicted molar refractivity (Wildman–Crippen MR) is 87.9 cm³/mol. The second-order valence-electron chi connectivity index (χ2n) is 5.96. The summed E-state index contributed by atoms with van der Waals surface area (Å²) >= 11 is 6.08. The van der Waals surface area contributed by atoms with Crippen molar-refractivity contribution >= 4 is 23.5 Å². The predicted octanol–water partition coefficient (Wildman–Crippen LogP) is 3.38. The fourth-order valence-electron chi connectivity index (χ4n) is 3.01. The Morgan fingerprint density at radius 1 is 1.36 bits per heavy atom. The molecule has 1 aromatic carbocycles. The van der Waals surface area contributed by atoms with Crippen molar-refractivity contribution in [2.75, 3.05) is 13.1 Å². The van der Waals surface area contributed by atoms with E-state index in [4.69, 9.17) is 21.2 Å². The van der Waals surface area contributed by atoms with Gasteiger partial charge >= 0.3 is 5.97 Å². The zero-order chi connectivity index (χ0) is 18.1. The van der Waals surface area contributed by atoms with Gasteiger partial charge in [-0.15, -0.1) is 0 Å². The molecule has 0 atom stereocenters. The third kappa shape index (κ3) is 3.24. The summed E-state index contributed by atoms with van der Waals surface area (Å²) in [5.74, 6) is -2.00. The molecule has 6 nitrogen and oxygen atoms in total. The minimum atomic E-state index is -0.855. The minimum Gasteiger partial charge on any atom is -0.481 e. The Kier molecular flexibility index (Phi) is 4.76. The summed E-state index contributed by atoms with van der Waals surface area (Å²) in [5, 5.41) is 13.0. The zero-order valence-electron chi connectivity index (χ0n) is 13.5. The minimum absolute atomic E-state index is 0.0183. The SMILES string of the molecule is Cc1onc(-c2c(F)cccc2Cl)c1C(=O)N1CCC(C(=O)O)CC1. The zero-order valence-corrected chi connectivity index (χ0v) is 14.2. The van der Waals surface area contributed by atoms with E-state index < -0.39 is 17.7 Å². The van der Waals surface area contributed by atoms with Crippen LogP contribution < -0.4 is 0 Å². The van der Waals surface area contributed by atoms with Crippen LogP contribution in [0.25, 0.3) is 11.3 Å². The fraction of sp³-hybridized carbons (Fsp3) is 0.353. The second-order valence-corrected chi connectivity index (χ2v) is 6.37. The maximum Gasteiger partial charge on any atom is 0.306 e. The van der Waals surface area contributed by atoms with E-state index >= 15 is 0 Å². The van der Waals surface area contributed by atoms with Crippen molar-refractivity contribution in [3.05, 3.63) is 40.4 Å². The molecule has 1 amide bonds. The van der Waals surface area contributed by atoms with Gasteiger partial charge in [0.15, 0.2) is 0 Å². The molecule has 1 aromatic heterocycles. The number of rotatable bonds is 3. The number of carboxylic acid groups (broad SMARTS) is 1. The van der Waals surface area contributed by atoms with Crippen LogP contribution in [0.4, 0.5) is 4.39 Å². The number of nitrogens with zero attached hydrogens (tertiary/aromatic N) is 2. The molecule has 0 unspecified atom stereocenters. The highest BCUT2D eigenvalue weighted by molar-refractivity contribution is 6.33. The van der Waals surface area contributed by atoms with Crippen molar-refractivity contribution in [2.24, 2.45) is 5.92 Å². The molecule has 1 fully saturated rings. The van der Waals surface area contributed by atoms with Crippen molar-refractivity contribution < 1.29 is 23.6 Å². The van der Waals surface area contributed by atoms with Crippen LogP contribution in [0.3, 0.4) is 0 Å². The van der Waals surface area contributed by atoms with E-state index in [0.717, 1.165) is 0 Å². The molecule has 2 aromatic rings. The molecule has 3 rings (SSSR count). The van der Waals surface area contributed by atoms with Gasteiger partial charge in [0, 0.05) is 13.1 Å². The van der Waals surface area contributed by atoms with Crippen molar-refractivity contribution in [1.82, 2.24) is 10.1 Å². The number of carboxylic acids is 1. The van der Waals surface area contributed by atoms with E-state index in [9.17, 15) is 14.0 Å². The Balaban J connectivity index is 1.93. The summed E-state index contributed by atoms with van der Waals surface area (Å²) < 4.78 is 19.3. The maximum absolute atomic E-state index is 14.2. The van der Waals surface area contributed by atoms with Gasteiger partial charge in [-0.05, 0) is 31.9 Å². The number of piperidine rings is 1. The molecule has 0 spiro atoms. The Hall–Kier alpha value is -2.41. The molecular formula is C17H16ClFN2O4. The van der Waals surface area contributed by atoms with Gasteiger partial charge in [0.2, 0.25) is 0 Å². The maximum atomic E-state index is 14.2. The third-order valence-electron chi connectivity index (χ3n) is 4.41. The van der Waals surface area contributed by atoms with Crippen molar-refractivity contribution in [3.63, 3.8) is 0 Å². The van der Waals surface area contributed by atoms with Crippen LogP contribution in [-0.2, 0) is 4.79 Å². The number of hydrogen-bond donors (Lipinski definition) is 1. The molecule has 1 saturated heterocycles. The molecule has 2 heterocycles. The number of aryl methyl sites for hydroxylation is 1. The molecule has 1 aliphatic rings. The highest BCUT2D eigenvalue weighted by atomic mass is 35.5. The van der Waals surface area contributed by atoms with Gasteiger partial charge < -0.3 is 14.5 Å². The number of aliphatic carboxylic acids is 1. The molecule has 25 heavy (non-hydrogen) atoms. The number of halogens is 2. The number of likely N-dealkylation sites (tertiary alicyclic amines) is 1. The molecular weight excluding hydrogens is 351 g/mol. The van der Waals surface area contributed by atoms with Gasteiger partial charge in [-0.3, -0.25) is 9.59 Å². The van der Waals surface area contributed by atoms with Crippen molar-refractivity contribution in [3.8, 4) is 11.3 Å². The molecule has 1 N–H and O–H groups in total. The van der Waals surface area contributed by atoms with Crippen LogP contribution in [0.2, 0.25) is 5.02 Å². The van der Waals surface area contributed by atoms with Gasteiger partial charge in [-0.25, -0.2) is 4.39 Å². The number of carbonyl (C=O) groups is 2. The molecule has 132 valence electrons. The van der Waals surface area contributed by atoms with E-state index in [-0.39, 0.29) is 33.5 Å². The third-order valence-corrected chi connectivity index (χ3v) is 4.72. The number of benzene rings is 1. The summed E-state index contributed by atoms with van der Waals surface area (Å²) in [6.45, 7) is 2.19. The van der Waals surface area contributed by atoms with Gasteiger partial charge in [0.05, 0.1) is 16.5 Å². The standard InChI is InChI=1S/C17H16ClFN2O4/c1-9-13(16(22)21-7-5-10(6-8-21)17(23)24)15(20-25-9)14-11(18)3-2-4-12(14)19/h2-4,10H,5-8H2,1H3,(H,23,24). The van der Waals surface area contributed by atoms with E-state index in [1.54, 1.807) is 6.92 Å². The van der Waals surface area contributed by atoms with Crippen LogP contribution in [0.5, 0.6) is 0 Å². The first kappa shape index (κ1) is 17.4. The number of amides is 1. The number of aromatic nitrogens is 1. The summed E-state index contributed by atoms with van der Waals surface area (Å²) in [6, 6.07) is 4.21. The van der Waals surface area contributed by atoms with Crippen LogP contribution in [0.15, 0.2) is 22.7 Å². The van der Waals surface area contributed by atoms with Gasteiger partial charge in [0.25, 0.3) is 5.91 Å². The summed E-state index contributed by atoms with van der Waals surface area (Å²) in [7, 11) is 0. The molecule has 1 aliphatic heterocycles. The normalized spacial score (nSPS) is 15.4. The van der Waals surface area contributed by atoms with Gasteiger partial charge in [-0.1, -0.05) is 22.8 Å². The van der Waals surface area contributed by atoms with E-state index in [1.165, 1.54) is 23.1 Å². The molecule has 0 aliphatic carbocycles. The van der Waals surface area contributed by atoms with Gasteiger partial charge in [0.1, 0.15) is 22.8 Å². The van der Waals surface area contributed by atoms with E-state index in [0.29, 0.717) is 25.9 Å². The quantitative estimate of drug-likeness (QED) is 0.900. The smallest absolute Gasteiger partial charge is 0.306 e. The fourth-order valence-corrected chi connectivity index (χ4v) is 3.26. The topological polar surface area (TPSA) is 83.6 Å². The van der Waals surface area contributed by atoms with E-state index in [1.807, 2.05) is 0 Å². The lowest BCUT2D eigenvalue weighted by Crippen LogP contribution is -2.40. The molecule has 0 bridgehead atoms. The van der Waals surface area contributed by atoms with Crippen LogP contribution in [0, 0.1) is 18.7 Å². The van der Waals surface area contributed by atoms with Crippen molar-refractivity contribution in [1.29, 1.82) is 0 Å². The highest BCUT2D eigenvalue weighted by Gasteiger charge is 2.32. The van der Waals surface area contributed by atoms with Crippen LogP contribution in [-0.4, -0.2) is 40.1 Å². The Labute approximate surface area is 148 Å². The van der Waals surface area contributed by atoms with Crippen LogP contribution in [0.1, 0.15) is 29.0 Å². The lowest BCUT2D eigenvalue weighted by Gasteiger charge is -2.30. The average Bonchev–Trinajstić information content (AvgIpc) is 2.95. The molecule has 8 heteroatoms. The lowest BCUT2D eigenvalue weighted by molar-refractivity contribution is -0.143. The lowest BCUT2D eigenvalue weighted by atomic mass is 9.96. The monoisotopic (exact) mass is 366 g/mol. The first-order valence-corrected chi connectivity index (χ1v) is 8.20. The Bertz CT molecular complexity index is 808. The van der Waals surface area contributed by atoms with Crippen LogP contribution >= 0.6 is 11.6 Å². The molecule has 0 radical (unpaired) electrons. The van der Waals surface area contributed by atoms with Crippen molar-refractivity contribution in [2.45, 2.75) is 19.8 Å². The Morgan fingerprint density at radius 3 is 2.64 bits per heavy atom. The summed E-state index contributed by atoms with van der Waals surface area (Å²) in [4.78, 5) is 25.5. The number of hydrogen-bond acceptors (Lipinski definition) is 4. The average molecular weight is 367 g/mol. The van der Waals surface area contributed by atoms with Gasteiger partial charge in [-0.2, -0.15) is 0 Å². The highest BCUT2D eigenvalue weighted by Crippen LogP contribution is 2.34. The largest absolute Gasteiger partial charge is 0.481 e. The summed E-state index contributed by atoms with van der Waals surface area (Å²) in [6.07, 6.45) is 0.752. The number of carbonyl (C=O) groups excluding carboxylic acids is 1. The summed E-state index contributed by atoms with van der Waals surface area (Å²) in [5.41, 5.74) is 0.233. The van der Waals surface area contributed by atoms with E-state index in [2.05, 4.69) is 5.16 Å². The first-order valence-electron chi connectivity index (χ1n) is 7.83. The second kappa shape index (κ2) is 6.84. The first-order chi connectivity index (χ1) is 11.9. The Morgan fingerprint density at radius 2 is 2.04 bits per heavy atom.